The van der Waals surface area contributed by atoms with Gasteiger partial charge in [-0.1, -0.05) is 41.5 Å². The highest BCUT2D eigenvalue weighted by Gasteiger charge is 2.24. The first kappa shape index (κ1) is 17.4. The van der Waals surface area contributed by atoms with E-state index in [2.05, 4.69) is 41.9 Å². The van der Waals surface area contributed by atoms with Crippen LogP contribution in [0.5, 0.6) is 0 Å². The maximum Gasteiger partial charge on any atom is 0.305 e. The molecule has 1 saturated heterocycles. The Morgan fingerprint density at radius 3 is 2.92 bits per heavy atom. The summed E-state index contributed by atoms with van der Waals surface area (Å²) in [5.41, 5.74) is 4.51. The number of aromatic amines is 1. The van der Waals surface area contributed by atoms with Crippen molar-refractivity contribution in [1.82, 2.24) is 9.88 Å². The summed E-state index contributed by atoms with van der Waals surface area (Å²) in [6.45, 7) is 6.24. The Morgan fingerprint density at radius 1 is 1.33 bits per heavy atom. The second-order valence-electron chi connectivity index (χ2n) is 6.76. The van der Waals surface area contributed by atoms with E-state index in [-0.39, 0.29) is 11.5 Å². The van der Waals surface area contributed by atoms with Crippen molar-refractivity contribution < 1.29 is 5.11 Å². The van der Waals surface area contributed by atoms with E-state index < -0.39 is 0 Å². The van der Waals surface area contributed by atoms with Gasteiger partial charge in [0.1, 0.15) is 0 Å². The first-order valence-electron chi connectivity index (χ1n) is 8.73. The van der Waals surface area contributed by atoms with E-state index in [9.17, 15) is 9.90 Å². The van der Waals surface area contributed by atoms with Crippen molar-refractivity contribution in [3.05, 3.63) is 43.9 Å². The van der Waals surface area contributed by atoms with Gasteiger partial charge in [0, 0.05) is 29.6 Å². The van der Waals surface area contributed by atoms with Gasteiger partial charge in [-0.15, -0.1) is 0 Å². The molecule has 130 valence electrons. The Balaban J connectivity index is 1.90. The van der Waals surface area contributed by atoms with Gasteiger partial charge in [-0.25, -0.2) is 0 Å². The molecule has 0 bridgehead atoms. The first-order chi connectivity index (χ1) is 11.6. The molecule has 4 nitrogen and oxygen atoms in total. The molecule has 0 radical (unpaired) electrons. The molecule has 0 spiro atoms. The minimum atomic E-state index is 0.00990. The zero-order valence-electron chi connectivity index (χ0n) is 14.5. The molecule has 1 aromatic heterocycles. The lowest BCUT2D eigenvalue weighted by molar-refractivity contribution is 0.113. The average Bonchev–Trinajstić information content (AvgIpc) is 2.90. The van der Waals surface area contributed by atoms with Crippen molar-refractivity contribution in [2.45, 2.75) is 52.1 Å². The van der Waals surface area contributed by atoms with Crippen LogP contribution in [0.15, 0.2) is 23.0 Å². The van der Waals surface area contributed by atoms with Gasteiger partial charge < -0.3 is 10.1 Å². The van der Waals surface area contributed by atoms with Crippen LogP contribution in [0.4, 0.5) is 0 Å². The molecule has 0 aliphatic carbocycles. The number of H-pyrrole nitrogens is 1. The fourth-order valence-corrected chi connectivity index (χ4v) is 4.58. The maximum atomic E-state index is 12.0. The average molecular weight is 346 g/mol. The van der Waals surface area contributed by atoms with Crippen molar-refractivity contribution in [1.29, 1.82) is 0 Å². The number of benzene rings is 1. The lowest BCUT2D eigenvalue weighted by Gasteiger charge is -2.35. The van der Waals surface area contributed by atoms with Crippen LogP contribution in [-0.2, 0) is 6.54 Å². The molecule has 1 aliphatic heterocycles. The molecule has 0 amide bonds. The second-order valence-corrected chi connectivity index (χ2v) is 7.83. The van der Waals surface area contributed by atoms with E-state index in [1.165, 1.54) is 35.3 Å². The summed E-state index contributed by atoms with van der Waals surface area (Å²) in [6, 6.07) is 6.78. The van der Waals surface area contributed by atoms with Crippen LogP contribution in [0.1, 0.15) is 41.7 Å². The van der Waals surface area contributed by atoms with Crippen LogP contribution in [0, 0.1) is 13.8 Å². The van der Waals surface area contributed by atoms with Crippen molar-refractivity contribution in [2.75, 3.05) is 13.2 Å². The van der Waals surface area contributed by atoms with Gasteiger partial charge in [0.25, 0.3) is 0 Å². The summed E-state index contributed by atoms with van der Waals surface area (Å²) in [7, 11) is 0. The van der Waals surface area contributed by atoms with E-state index in [1.54, 1.807) is 0 Å². The molecule has 24 heavy (non-hydrogen) atoms. The van der Waals surface area contributed by atoms with E-state index in [4.69, 9.17) is 0 Å². The third-order valence-corrected chi connectivity index (χ3v) is 5.80. The van der Waals surface area contributed by atoms with Crippen molar-refractivity contribution >= 4 is 11.3 Å². The molecule has 5 heteroatoms. The number of aromatic nitrogens is 1. The number of hydrogen-bond acceptors (Lipinski definition) is 4. The molecule has 1 aromatic carbocycles. The normalized spacial score (nSPS) is 18.9. The number of thiazole rings is 1. The molecule has 1 aliphatic rings. The van der Waals surface area contributed by atoms with Gasteiger partial charge in [-0.3, -0.25) is 9.69 Å². The summed E-state index contributed by atoms with van der Waals surface area (Å²) < 4.78 is 0. The van der Waals surface area contributed by atoms with Crippen LogP contribution >= 0.6 is 11.3 Å². The van der Waals surface area contributed by atoms with Gasteiger partial charge in [0.15, 0.2) is 0 Å². The largest absolute Gasteiger partial charge is 0.396 e. The zero-order chi connectivity index (χ0) is 17.1. The number of rotatable bonds is 5. The first-order valence-corrected chi connectivity index (χ1v) is 9.54. The lowest BCUT2D eigenvalue weighted by atomic mass is 9.98. The van der Waals surface area contributed by atoms with E-state index in [1.807, 2.05) is 0 Å². The van der Waals surface area contributed by atoms with Gasteiger partial charge in [-0.05, 0) is 45.2 Å². The number of hydrogen-bond donors (Lipinski definition) is 2. The van der Waals surface area contributed by atoms with Gasteiger partial charge in [-0.2, -0.15) is 0 Å². The molecule has 0 saturated carbocycles. The third kappa shape index (κ3) is 3.79. The SMILES string of the molecule is Cc1ccc(-c2[nH]c(=O)sc2CN2CCCCC2CCO)c(C)c1. The molecule has 1 fully saturated rings. The number of aliphatic hydroxyl groups excluding tert-OH is 1. The summed E-state index contributed by atoms with van der Waals surface area (Å²) in [5.74, 6) is 0. The van der Waals surface area contributed by atoms with Crippen molar-refractivity contribution in [2.24, 2.45) is 0 Å². The van der Waals surface area contributed by atoms with Crippen molar-refractivity contribution in [3.8, 4) is 11.3 Å². The molecule has 2 aromatic rings. The topological polar surface area (TPSA) is 56.3 Å². The zero-order valence-corrected chi connectivity index (χ0v) is 15.3. The standard InChI is InChI=1S/C19H26N2O2S/c1-13-6-7-16(14(2)11-13)18-17(24-19(23)20-18)12-21-9-4-3-5-15(21)8-10-22/h6-7,11,15,22H,3-5,8-10,12H2,1-2H3,(H,20,23). The number of likely N-dealkylation sites (tertiary alicyclic amines) is 1. The van der Waals surface area contributed by atoms with Crippen LogP contribution in [0.3, 0.4) is 0 Å². The number of aliphatic hydroxyl groups is 1. The number of nitrogens with zero attached hydrogens (tertiary/aromatic N) is 1. The molecule has 1 atom stereocenters. The second kappa shape index (κ2) is 7.64. The molecule has 2 heterocycles. The van der Waals surface area contributed by atoms with Gasteiger partial charge in [0.05, 0.1) is 5.69 Å². The van der Waals surface area contributed by atoms with Crippen molar-refractivity contribution in [3.63, 3.8) is 0 Å². The summed E-state index contributed by atoms with van der Waals surface area (Å²) in [4.78, 5) is 18.6. The van der Waals surface area contributed by atoms with Crippen LogP contribution in [0.25, 0.3) is 11.3 Å². The Hall–Kier alpha value is -1.43. The van der Waals surface area contributed by atoms with E-state index in [0.717, 1.165) is 42.1 Å². The molecular weight excluding hydrogens is 320 g/mol. The number of piperidine rings is 1. The predicted molar refractivity (Wildman–Crippen MR) is 99.6 cm³/mol. The van der Waals surface area contributed by atoms with E-state index in [0.29, 0.717) is 6.04 Å². The summed E-state index contributed by atoms with van der Waals surface area (Å²) in [5, 5.41) is 9.32. The maximum absolute atomic E-state index is 12.0. The molecular formula is C19H26N2O2S. The Kier molecular flexibility index (Phi) is 5.54. The minimum absolute atomic E-state index is 0.00990. The highest BCUT2D eigenvalue weighted by Crippen LogP contribution is 2.30. The monoisotopic (exact) mass is 346 g/mol. The fraction of sp³-hybridized carbons (Fsp3) is 0.526. The Morgan fingerprint density at radius 2 is 2.17 bits per heavy atom. The van der Waals surface area contributed by atoms with Gasteiger partial charge in [0.2, 0.25) is 0 Å². The quantitative estimate of drug-likeness (QED) is 0.872. The molecule has 1 unspecified atom stereocenters. The lowest BCUT2D eigenvalue weighted by Crippen LogP contribution is -2.39. The number of nitrogens with one attached hydrogen (secondary N) is 1. The van der Waals surface area contributed by atoms with E-state index >= 15 is 0 Å². The van der Waals surface area contributed by atoms with Gasteiger partial charge >= 0.3 is 4.87 Å². The minimum Gasteiger partial charge on any atom is -0.396 e. The summed E-state index contributed by atoms with van der Waals surface area (Å²) >= 11 is 1.32. The predicted octanol–water partition coefficient (Wildman–Crippen LogP) is 3.46. The molecule has 2 N–H and O–H groups in total. The fourth-order valence-electron chi connectivity index (χ4n) is 3.71. The number of aryl methyl sites for hydroxylation is 2. The Bertz CT molecular complexity index is 748. The Labute approximate surface area is 147 Å². The highest BCUT2D eigenvalue weighted by atomic mass is 32.1. The van der Waals surface area contributed by atoms with Crippen LogP contribution < -0.4 is 4.87 Å². The van der Waals surface area contributed by atoms with Crippen LogP contribution in [-0.4, -0.2) is 34.2 Å². The van der Waals surface area contributed by atoms with Crippen LogP contribution in [0.2, 0.25) is 0 Å². The smallest absolute Gasteiger partial charge is 0.305 e. The highest BCUT2D eigenvalue weighted by molar-refractivity contribution is 7.09. The molecule has 3 rings (SSSR count). The third-order valence-electron chi connectivity index (χ3n) is 4.93. The summed E-state index contributed by atoms with van der Waals surface area (Å²) in [6.07, 6.45) is 4.38.